The Morgan fingerprint density at radius 2 is 1.90 bits per heavy atom. The molecule has 2 aliphatic heterocycles. The number of hydrogen-bond acceptors (Lipinski definition) is 6. The summed E-state index contributed by atoms with van der Waals surface area (Å²) in [7, 11) is 0. The predicted octanol–water partition coefficient (Wildman–Crippen LogP) is 1.99. The average molecular weight is 399 g/mol. The molecule has 1 amide bonds. The van der Waals surface area contributed by atoms with Crippen molar-refractivity contribution in [2.45, 2.75) is 19.4 Å². The van der Waals surface area contributed by atoms with Gasteiger partial charge in [0.25, 0.3) is 0 Å². The molecule has 0 radical (unpaired) electrons. The summed E-state index contributed by atoms with van der Waals surface area (Å²) in [6.07, 6.45) is 4.94. The van der Waals surface area contributed by atoms with Crippen LogP contribution in [0.15, 0.2) is 36.8 Å². The molecule has 0 aliphatic carbocycles. The molecular weight excluding hydrogens is 373 g/mol. The largest absolute Gasteiger partial charge is 0.378 e. The summed E-state index contributed by atoms with van der Waals surface area (Å²) in [5.74, 6) is 0.577. The molecule has 7 nitrogen and oxygen atoms in total. The van der Waals surface area contributed by atoms with Gasteiger partial charge in [0.15, 0.2) is 5.82 Å². The van der Waals surface area contributed by atoms with E-state index in [1.807, 2.05) is 6.20 Å². The second kappa shape index (κ2) is 9.17. The van der Waals surface area contributed by atoms with Gasteiger partial charge in [-0.2, -0.15) is 0 Å². The van der Waals surface area contributed by atoms with Crippen LogP contribution in [-0.2, 0) is 16.1 Å². The normalized spacial score (nSPS) is 18.0. The molecule has 8 heteroatoms. The zero-order valence-corrected chi connectivity index (χ0v) is 16.4. The Balaban J connectivity index is 1.34. The molecule has 0 bridgehead atoms. The third kappa shape index (κ3) is 4.64. The third-order valence-corrected chi connectivity index (χ3v) is 5.60. The van der Waals surface area contributed by atoms with Gasteiger partial charge in [0, 0.05) is 44.2 Å². The Morgan fingerprint density at radius 3 is 2.66 bits per heavy atom. The second-order valence-corrected chi connectivity index (χ2v) is 7.40. The topological polar surface area (TPSA) is 70.6 Å². The minimum atomic E-state index is -0.290. The fraction of sp³-hybridized carbons (Fsp3) is 0.476. The fourth-order valence-corrected chi connectivity index (χ4v) is 3.91. The van der Waals surface area contributed by atoms with Gasteiger partial charge in [-0.3, -0.25) is 4.79 Å². The van der Waals surface area contributed by atoms with Crippen molar-refractivity contribution >= 4 is 17.4 Å². The Morgan fingerprint density at radius 1 is 1.14 bits per heavy atom. The lowest BCUT2D eigenvalue weighted by Gasteiger charge is -2.36. The molecule has 2 saturated heterocycles. The van der Waals surface area contributed by atoms with Crippen LogP contribution in [0.25, 0.3) is 0 Å². The number of carbonyl (C=O) groups is 1. The number of nitrogens with zero attached hydrogens (tertiary/aromatic N) is 4. The van der Waals surface area contributed by atoms with E-state index in [-0.39, 0.29) is 24.2 Å². The number of anilines is 2. The standard InChI is InChI=1S/C21H26FN5O2/c22-18-4-2-1-3-17(18)13-24-21(28)16-5-7-26(8-6-16)19-14-23-15-25-20(19)27-9-11-29-12-10-27/h1-4,14-16H,5-13H2,(H,24,28). The number of piperidine rings is 1. The quantitative estimate of drug-likeness (QED) is 0.829. The van der Waals surface area contributed by atoms with Crippen LogP contribution in [0, 0.1) is 11.7 Å². The molecule has 0 spiro atoms. The number of hydrogen-bond donors (Lipinski definition) is 1. The number of benzene rings is 1. The molecule has 4 rings (SSSR count). The van der Waals surface area contributed by atoms with Crippen molar-refractivity contribution in [1.82, 2.24) is 15.3 Å². The molecule has 0 saturated carbocycles. The maximum absolute atomic E-state index is 13.7. The molecule has 154 valence electrons. The van der Waals surface area contributed by atoms with Crippen molar-refractivity contribution in [3.63, 3.8) is 0 Å². The van der Waals surface area contributed by atoms with Crippen molar-refractivity contribution in [2.24, 2.45) is 5.92 Å². The first-order valence-electron chi connectivity index (χ1n) is 10.1. The molecular formula is C21H26FN5O2. The number of halogens is 1. The van der Waals surface area contributed by atoms with Crippen LogP contribution < -0.4 is 15.1 Å². The van der Waals surface area contributed by atoms with E-state index in [4.69, 9.17) is 4.74 Å². The maximum atomic E-state index is 13.7. The van der Waals surface area contributed by atoms with Gasteiger partial charge in [-0.1, -0.05) is 18.2 Å². The number of carbonyl (C=O) groups excluding carboxylic acids is 1. The van der Waals surface area contributed by atoms with Crippen LogP contribution >= 0.6 is 0 Å². The number of amides is 1. The highest BCUT2D eigenvalue weighted by Gasteiger charge is 2.28. The molecule has 2 aliphatic rings. The summed E-state index contributed by atoms with van der Waals surface area (Å²) in [6.45, 7) is 4.80. The lowest BCUT2D eigenvalue weighted by atomic mass is 9.95. The average Bonchev–Trinajstić information content (AvgIpc) is 2.79. The molecule has 2 aromatic rings. The Hall–Kier alpha value is -2.74. The predicted molar refractivity (Wildman–Crippen MR) is 108 cm³/mol. The summed E-state index contributed by atoms with van der Waals surface area (Å²) in [5, 5.41) is 2.88. The van der Waals surface area contributed by atoms with Gasteiger partial charge >= 0.3 is 0 Å². The SMILES string of the molecule is O=C(NCc1ccccc1F)C1CCN(c2cncnc2N2CCOCC2)CC1. The molecule has 29 heavy (non-hydrogen) atoms. The maximum Gasteiger partial charge on any atom is 0.223 e. The number of ether oxygens (including phenoxy) is 1. The van der Waals surface area contributed by atoms with E-state index in [0.717, 1.165) is 50.5 Å². The summed E-state index contributed by atoms with van der Waals surface area (Å²) < 4.78 is 19.2. The van der Waals surface area contributed by atoms with E-state index in [9.17, 15) is 9.18 Å². The zero-order valence-electron chi connectivity index (χ0n) is 16.4. The highest BCUT2D eigenvalue weighted by molar-refractivity contribution is 5.79. The van der Waals surface area contributed by atoms with E-state index >= 15 is 0 Å². The van der Waals surface area contributed by atoms with E-state index in [0.29, 0.717) is 18.8 Å². The van der Waals surface area contributed by atoms with Crippen molar-refractivity contribution in [1.29, 1.82) is 0 Å². The Bertz CT molecular complexity index is 835. The van der Waals surface area contributed by atoms with Gasteiger partial charge in [-0.25, -0.2) is 14.4 Å². The van der Waals surface area contributed by atoms with Crippen LogP contribution in [0.4, 0.5) is 15.9 Å². The van der Waals surface area contributed by atoms with Gasteiger partial charge in [0.1, 0.15) is 12.1 Å². The Labute approximate surface area is 169 Å². The fourth-order valence-electron chi connectivity index (χ4n) is 3.91. The highest BCUT2D eigenvalue weighted by atomic mass is 19.1. The van der Waals surface area contributed by atoms with E-state index in [1.54, 1.807) is 24.5 Å². The Kier molecular flexibility index (Phi) is 6.19. The van der Waals surface area contributed by atoms with Crippen LogP contribution in [0.2, 0.25) is 0 Å². The summed E-state index contributed by atoms with van der Waals surface area (Å²) in [5.41, 5.74) is 1.52. The van der Waals surface area contributed by atoms with Crippen molar-refractivity contribution < 1.29 is 13.9 Å². The van der Waals surface area contributed by atoms with Gasteiger partial charge < -0.3 is 19.9 Å². The summed E-state index contributed by atoms with van der Waals surface area (Å²) >= 11 is 0. The first-order chi connectivity index (χ1) is 14.2. The van der Waals surface area contributed by atoms with Gasteiger partial charge in [0.05, 0.1) is 25.1 Å². The number of morpholine rings is 1. The van der Waals surface area contributed by atoms with Crippen molar-refractivity contribution in [3.8, 4) is 0 Å². The van der Waals surface area contributed by atoms with Crippen molar-refractivity contribution in [3.05, 3.63) is 48.2 Å². The second-order valence-electron chi connectivity index (χ2n) is 7.40. The van der Waals surface area contributed by atoms with Crippen LogP contribution in [0.3, 0.4) is 0 Å². The molecule has 2 fully saturated rings. The van der Waals surface area contributed by atoms with E-state index in [2.05, 4.69) is 25.1 Å². The van der Waals surface area contributed by atoms with Gasteiger partial charge in [-0.05, 0) is 18.9 Å². The molecule has 0 atom stereocenters. The summed E-state index contributed by atoms with van der Waals surface area (Å²) in [6, 6.07) is 6.53. The van der Waals surface area contributed by atoms with Crippen molar-refractivity contribution in [2.75, 3.05) is 49.2 Å². The smallest absolute Gasteiger partial charge is 0.223 e. The first kappa shape index (κ1) is 19.6. The van der Waals surface area contributed by atoms with Crippen LogP contribution in [0.1, 0.15) is 18.4 Å². The zero-order chi connectivity index (χ0) is 20.1. The minimum absolute atomic E-state index is 0.00869. The number of nitrogens with one attached hydrogen (secondary N) is 1. The van der Waals surface area contributed by atoms with E-state index < -0.39 is 0 Å². The lowest BCUT2D eigenvalue weighted by molar-refractivity contribution is -0.125. The number of rotatable bonds is 5. The minimum Gasteiger partial charge on any atom is -0.378 e. The summed E-state index contributed by atoms with van der Waals surface area (Å²) in [4.78, 5) is 25.7. The molecule has 3 heterocycles. The lowest BCUT2D eigenvalue weighted by Crippen LogP contribution is -2.42. The van der Waals surface area contributed by atoms with Crippen LogP contribution in [0.5, 0.6) is 0 Å². The van der Waals surface area contributed by atoms with Gasteiger partial charge in [0.2, 0.25) is 5.91 Å². The highest BCUT2D eigenvalue weighted by Crippen LogP contribution is 2.30. The first-order valence-corrected chi connectivity index (χ1v) is 10.1. The monoisotopic (exact) mass is 399 g/mol. The van der Waals surface area contributed by atoms with E-state index in [1.165, 1.54) is 6.07 Å². The third-order valence-electron chi connectivity index (χ3n) is 5.60. The molecule has 1 aromatic carbocycles. The van der Waals surface area contributed by atoms with Crippen LogP contribution in [-0.4, -0.2) is 55.3 Å². The molecule has 1 N–H and O–H groups in total. The van der Waals surface area contributed by atoms with Gasteiger partial charge in [-0.15, -0.1) is 0 Å². The molecule has 1 aromatic heterocycles. The number of aromatic nitrogens is 2. The molecule has 0 unspecified atom stereocenters.